The molecule has 3 atom stereocenters. The average molecular weight is 251 g/mol. The largest absolute Gasteiger partial charge is 0.317 e. The van der Waals surface area contributed by atoms with Crippen LogP contribution in [0, 0.1) is 0 Å². The van der Waals surface area contributed by atoms with Gasteiger partial charge in [0.05, 0.1) is 0 Å². The topological polar surface area (TPSA) is 18.5 Å². The van der Waals surface area contributed by atoms with Gasteiger partial charge in [0.25, 0.3) is 0 Å². The van der Waals surface area contributed by atoms with Gasteiger partial charge in [-0.05, 0) is 45.7 Å². The predicted octanol–water partition coefficient (Wildman–Crippen LogP) is 1.69. The molecule has 3 fully saturated rings. The van der Waals surface area contributed by atoms with Crippen LogP contribution in [-0.4, -0.2) is 61.2 Å². The van der Waals surface area contributed by atoms with Gasteiger partial charge in [-0.3, -0.25) is 9.80 Å². The summed E-state index contributed by atoms with van der Waals surface area (Å²) in [6.07, 6.45) is 9.95. The minimum atomic E-state index is 0.771. The second kappa shape index (κ2) is 5.89. The van der Waals surface area contributed by atoms with Crippen molar-refractivity contribution in [2.75, 3.05) is 33.2 Å². The summed E-state index contributed by atoms with van der Waals surface area (Å²) < 4.78 is 0. The van der Waals surface area contributed by atoms with Gasteiger partial charge in [0.15, 0.2) is 0 Å². The normalized spacial score (nSPS) is 39.5. The molecule has 0 spiro atoms. The molecule has 3 rings (SSSR count). The van der Waals surface area contributed by atoms with Crippen molar-refractivity contribution < 1.29 is 0 Å². The molecular weight excluding hydrogens is 222 g/mol. The van der Waals surface area contributed by atoms with E-state index in [2.05, 4.69) is 22.2 Å². The number of fused-ring (bicyclic) bond motifs is 1. The average Bonchev–Trinajstić information content (AvgIpc) is 2.47. The summed E-state index contributed by atoms with van der Waals surface area (Å²) in [6.45, 7) is 5.35. The van der Waals surface area contributed by atoms with E-state index in [9.17, 15) is 0 Å². The van der Waals surface area contributed by atoms with Crippen molar-refractivity contribution in [1.29, 1.82) is 0 Å². The number of piperazine rings is 1. The third-order valence-electron chi connectivity index (χ3n) is 5.44. The van der Waals surface area contributed by atoms with Crippen LogP contribution in [0.4, 0.5) is 0 Å². The van der Waals surface area contributed by atoms with Gasteiger partial charge in [0.1, 0.15) is 0 Å². The Morgan fingerprint density at radius 2 is 1.67 bits per heavy atom. The molecule has 2 heterocycles. The Morgan fingerprint density at radius 3 is 2.56 bits per heavy atom. The molecule has 1 saturated carbocycles. The second-order valence-corrected chi connectivity index (χ2v) is 6.49. The summed E-state index contributed by atoms with van der Waals surface area (Å²) in [7, 11) is 2.13. The first-order valence-electron chi connectivity index (χ1n) is 8.02. The number of rotatable bonds is 2. The first-order valence-corrected chi connectivity index (χ1v) is 8.02. The number of piperidine rings is 1. The third-order valence-corrected chi connectivity index (χ3v) is 5.44. The smallest absolute Gasteiger partial charge is 0.0223 e. The molecule has 0 bridgehead atoms. The van der Waals surface area contributed by atoms with Crippen LogP contribution in [0.2, 0.25) is 0 Å². The minimum Gasteiger partial charge on any atom is -0.317 e. The Labute approximate surface area is 112 Å². The Hall–Kier alpha value is -0.120. The second-order valence-electron chi connectivity index (χ2n) is 6.49. The summed E-state index contributed by atoms with van der Waals surface area (Å²) in [5.74, 6) is 0. The molecule has 3 heteroatoms. The summed E-state index contributed by atoms with van der Waals surface area (Å²) in [5.41, 5.74) is 0. The van der Waals surface area contributed by atoms with Crippen molar-refractivity contribution >= 4 is 0 Å². The first-order chi connectivity index (χ1) is 8.86. The van der Waals surface area contributed by atoms with Gasteiger partial charge in [-0.25, -0.2) is 0 Å². The van der Waals surface area contributed by atoms with E-state index >= 15 is 0 Å². The lowest BCUT2D eigenvalue weighted by molar-refractivity contribution is 0.0154. The van der Waals surface area contributed by atoms with Gasteiger partial charge >= 0.3 is 0 Å². The Morgan fingerprint density at radius 1 is 0.833 bits per heavy atom. The van der Waals surface area contributed by atoms with E-state index in [1.54, 1.807) is 0 Å². The van der Waals surface area contributed by atoms with Crippen molar-refractivity contribution in [2.24, 2.45) is 0 Å². The molecule has 18 heavy (non-hydrogen) atoms. The molecular formula is C15H29N3. The zero-order valence-electron chi connectivity index (χ0n) is 11.9. The van der Waals surface area contributed by atoms with E-state index in [1.165, 1.54) is 71.1 Å². The van der Waals surface area contributed by atoms with Crippen molar-refractivity contribution in [1.82, 2.24) is 15.1 Å². The molecule has 104 valence electrons. The Balaban J connectivity index is 1.56. The molecule has 3 nitrogen and oxygen atoms in total. The summed E-state index contributed by atoms with van der Waals surface area (Å²) in [6, 6.07) is 2.51. The monoisotopic (exact) mass is 251 g/mol. The van der Waals surface area contributed by atoms with Gasteiger partial charge in [-0.1, -0.05) is 12.8 Å². The summed E-state index contributed by atoms with van der Waals surface area (Å²) >= 11 is 0. The van der Waals surface area contributed by atoms with Gasteiger partial charge < -0.3 is 5.32 Å². The van der Waals surface area contributed by atoms with Crippen LogP contribution in [0.25, 0.3) is 0 Å². The highest BCUT2D eigenvalue weighted by atomic mass is 15.3. The lowest BCUT2D eigenvalue weighted by Crippen LogP contribution is -2.58. The Bertz CT molecular complexity index is 268. The van der Waals surface area contributed by atoms with E-state index < -0.39 is 0 Å². The van der Waals surface area contributed by atoms with E-state index in [1.807, 2.05) is 0 Å². The van der Waals surface area contributed by atoms with Gasteiger partial charge in [-0.15, -0.1) is 0 Å². The molecule has 0 aromatic carbocycles. The summed E-state index contributed by atoms with van der Waals surface area (Å²) in [4.78, 5) is 5.56. The molecule has 0 radical (unpaired) electrons. The maximum atomic E-state index is 3.49. The number of hydrogen-bond donors (Lipinski definition) is 1. The van der Waals surface area contributed by atoms with Gasteiger partial charge in [-0.2, -0.15) is 0 Å². The highest BCUT2D eigenvalue weighted by molar-refractivity contribution is 4.90. The molecule has 0 aromatic heterocycles. The van der Waals surface area contributed by atoms with Crippen molar-refractivity contribution in [3.05, 3.63) is 0 Å². The lowest BCUT2D eigenvalue weighted by atomic mass is 9.88. The van der Waals surface area contributed by atoms with Crippen LogP contribution in [0.5, 0.6) is 0 Å². The van der Waals surface area contributed by atoms with E-state index in [0.717, 1.165) is 18.1 Å². The first kappa shape index (κ1) is 12.9. The van der Waals surface area contributed by atoms with Crippen LogP contribution in [0.15, 0.2) is 0 Å². The zero-order valence-corrected chi connectivity index (χ0v) is 11.9. The summed E-state index contributed by atoms with van der Waals surface area (Å²) in [5, 5.41) is 3.49. The van der Waals surface area contributed by atoms with E-state index in [0.29, 0.717) is 0 Å². The quantitative estimate of drug-likeness (QED) is 0.806. The molecule has 0 amide bonds. The number of hydrogen-bond acceptors (Lipinski definition) is 3. The zero-order chi connectivity index (χ0) is 12.4. The van der Waals surface area contributed by atoms with Crippen molar-refractivity contribution in [2.45, 2.75) is 63.1 Å². The fraction of sp³-hybridized carbons (Fsp3) is 1.00. The standard InChI is InChI=1S/C15H29N3/c1-16-13-5-4-7-14(11-13)18-10-9-17-8-3-2-6-15(17)12-18/h13-16H,2-12H2,1H3. The maximum Gasteiger partial charge on any atom is 0.0223 e. The fourth-order valence-corrected chi connectivity index (χ4v) is 4.27. The molecule has 2 aliphatic heterocycles. The fourth-order valence-electron chi connectivity index (χ4n) is 4.27. The molecule has 3 unspecified atom stereocenters. The highest BCUT2D eigenvalue weighted by Gasteiger charge is 2.33. The van der Waals surface area contributed by atoms with Crippen LogP contribution >= 0.6 is 0 Å². The predicted molar refractivity (Wildman–Crippen MR) is 75.9 cm³/mol. The molecule has 2 saturated heterocycles. The van der Waals surface area contributed by atoms with Crippen molar-refractivity contribution in [3.8, 4) is 0 Å². The SMILES string of the molecule is CNC1CCCC(N2CCN3CCCCC3C2)C1. The maximum absolute atomic E-state index is 3.49. The van der Waals surface area contributed by atoms with Crippen LogP contribution in [-0.2, 0) is 0 Å². The molecule has 1 N–H and O–H groups in total. The Kier molecular flexibility index (Phi) is 4.22. The molecule has 0 aromatic rings. The number of nitrogens with one attached hydrogen (secondary N) is 1. The lowest BCUT2D eigenvalue weighted by Gasteiger charge is -2.48. The van der Waals surface area contributed by atoms with Crippen LogP contribution < -0.4 is 5.32 Å². The van der Waals surface area contributed by atoms with Gasteiger partial charge in [0.2, 0.25) is 0 Å². The van der Waals surface area contributed by atoms with Gasteiger partial charge in [0, 0.05) is 37.8 Å². The van der Waals surface area contributed by atoms with Crippen LogP contribution in [0.1, 0.15) is 44.9 Å². The number of nitrogens with zero attached hydrogens (tertiary/aromatic N) is 2. The van der Waals surface area contributed by atoms with Crippen LogP contribution in [0.3, 0.4) is 0 Å². The minimum absolute atomic E-state index is 0.771. The molecule has 1 aliphatic carbocycles. The third kappa shape index (κ3) is 2.73. The van der Waals surface area contributed by atoms with E-state index in [-0.39, 0.29) is 0 Å². The molecule has 3 aliphatic rings. The van der Waals surface area contributed by atoms with E-state index in [4.69, 9.17) is 0 Å². The highest BCUT2D eigenvalue weighted by Crippen LogP contribution is 2.27. The van der Waals surface area contributed by atoms with Crippen molar-refractivity contribution in [3.63, 3.8) is 0 Å².